The van der Waals surface area contributed by atoms with Crippen molar-refractivity contribution in [1.29, 1.82) is 0 Å². The van der Waals surface area contributed by atoms with Gasteiger partial charge in [0.15, 0.2) is 5.69 Å². The minimum atomic E-state index is -0.425. The molecule has 0 bridgehead atoms. The summed E-state index contributed by atoms with van der Waals surface area (Å²) in [5, 5.41) is 4.18. The predicted octanol–water partition coefficient (Wildman–Crippen LogP) is 0.364. The maximum absolute atomic E-state index is 11.6. The van der Waals surface area contributed by atoms with E-state index in [4.69, 9.17) is 15.2 Å². The number of nitrogen functional groups attached to an aromatic ring is 1. The lowest BCUT2D eigenvalue weighted by Crippen LogP contribution is -2.37. The van der Waals surface area contributed by atoms with Gasteiger partial charge in [-0.3, -0.25) is 4.90 Å². The van der Waals surface area contributed by atoms with Crippen molar-refractivity contribution in [2.24, 2.45) is 0 Å². The zero-order valence-electron chi connectivity index (χ0n) is 11.9. The smallest absolute Gasteiger partial charge is 0.358 e. The Balaban J connectivity index is 1.81. The molecule has 0 amide bonds. The standard InChI is InChI=1S/C13H22N4O3/c1-2-20-13(18)11-10-12(14)17(15-11)5-3-4-16-6-8-19-9-7-16/h10H,2-9,14H2,1H3. The molecule has 1 aromatic rings. The zero-order chi connectivity index (χ0) is 14.4. The molecule has 0 radical (unpaired) electrons. The third-order valence-corrected chi connectivity index (χ3v) is 3.24. The molecule has 0 saturated carbocycles. The van der Waals surface area contributed by atoms with Crippen LogP contribution in [-0.2, 0) is 16.0 Å². The average Bonchev–Trinajstić information content (AvgIpc) is 2.82. The first-order valence-electron chi connectivity index (χ1n) is 7.01. The van der Waals surface area contributed by atoms with Crippen molar-refractivity contribution in [3.05, 3.63) is 11.8 Å². The Kier molecular flexibility index (Phi) is 5.37. The van der Waals surface area contributed by atoms with Crippen LogP contribution in [0.15, 0.2) is 6.07 Å². The lowest BCUT2D eigenvalue weighted by Gasteiger charge is -2.26. The van der Waals surface area contributed by atoms with Crippen LogP contribution in [0.25, 0.3) is 0 Å². The van der Waals surface area contributed by atoms with Gasteiger partial charge in [0.05, 0.1) is 19.8 Å². The summed E-state index contributed by atoms with van der Waals surface area (Å²) in [6.07, 6.45) is 0.939. The highest BCUT2D eigenvalue weighted by Crippen LogP contribution is 2.09. The van der Waals surface area contributed by atoms with Crippen molar-refractivity contribution < 1.29 is 14.3 Å². The number of carbonyl (C=O) groups is 1. The molecule has 1 aliphatic rings. The molecule has 2 N–H and O–H groups in total. The number of nitrogens with two attached hydrogens (primary N) is 1. The van der Waals surface area contributed by atoms with Gasteiger partial charge in [-0.2, -0.15) is 5.10 Å². The van der Waals surface area contributed by atoms with Crippen LogP contribution >= 0.6 is 0 Å². The molecule has 0 aliphatic carbocycles. The van der Waals surface area contributed by atoms with E-state index < -0.39 is 5.97 Å². The fourth-order valence-corrected chi connectivity index (χ4v) is 2.18. The van der Waals surface area contributed by atoms with E-state index in [-0.39, 0.29) is 5.69 Å². The van der Waals surface area contributed by atoms with Gasteiger partial charge in [-0.1, -0.05) is 0 Å². The van der Waals surface area contributed by atoms with Gasteiger partial charge in [-0.25, -0.2) is 9.48 Å². The van der Waals surface area contributed by atoms with Gasteiger partial charge >= 0.3 is 5.97 Å². The molecule has 2 heterocycles. The molecule has 112 valence electrons. The minimum absolute atomic E-state index is 0.274. The zero-order valence-corrected chi connectivity index (χ0v) is 11.9. The number of nitrogens with zero attached hydrogens (tertiary/aromatic N) is 3. The number of hydrogen-bond donors (Lipinski definition) is 1. The molecule has 7 heteroatoms. The van der Waals surface area contributed by atoms with Crippen LogP contribution in [0, 0.1) is 0 Å². The summed E-state index contributed by atoms with van der Waals surface area (Å²) in [7, 11) is 0. The largest absolute Gasteiger partial charge is 0.461 e. The molecule has 1 saturated heterocycles. The second-order valence-corrected chi connectivity index (χ2v) is 4.71. The number of esters is 1. The Morgan fingerprint density at radius 1 is 1.45 bits per heavy atom. The maximum Gasteiger partial charge on any atom is 0.358 e. The number of morpholine rings is 1. The van der Waals surface area contributed by atoms with Gasteiger partial charge in [0.1, 0.15) is 5.82 Å². The minimum Gasteiger partial charge on any atom is -0.461 e. The van der Waals surface area contributed by atoms with Crippen LogP contribution in [0.2, 0.25) is 0 Å². The highest BCUT2D eigenvalue weighted by atomic mass is 16.5. The Labute approximate surface area is 118 Å². The van der Waals surface area contributed by atoms with E-state index in [2.05, 4.69) is 10.00 Å². The molecule has 2 rings (SSSR count). The van der Waals surface area contributed by atoms with E-state index in [1.165, 1.54) is 0 Å². The Morgan fingerprint density at radius 2 is 2.20 bits per heavy atom. The van der Waals surface area contributed by atoms with E-state index in [0.29, 0.717) is 19.0 Å². The molecule has 0 atom stereocenters. The molecular formula is C13H22N4O3. The first-order chi connectivity index (χ1) is 9.70. The number of hydrogen-bond acceptors (Lipinski definition) is 6. The van der Waals surface area contributed by atoms with Gasteiger partial charge in [-0.05, 0) is 13.3 Å². The lowest BCUT2D eigenvalue weighted by atomic mass is 10.3. The Bertz CT molecular complexity index is 441. The summed E-state index contributed by atoms with van der Waals surface area (Å²) in [6.45, 7) is 7.34. The highest BCUT2D eigenvalue weighted by molar-refractivity contribution is 5.88. The number of rotatable bonds is 6. The van der Waals surface area contributed by atoms with E-state index in [9.17, 15) is 4.79 Å². The first-order valence-corrected chi connectivity index (χ1v) is 7.01. The van der Waals surface area contributed by atoms with Gasteiger partial charge in [0.25, 0.3) is 0 Å². The van der Waals surface area contributed by atoms with Gasteiger partial charge < -0.3 is 15.2 Å². The summed E-state index contributed by atoms with van der Waals surface area (Å²) in [4.78, 5) is 13.9. The Morgan fingerprint density at radius 3 is 2.90 bits per heavy atom. The molecule has 1 fully saturated rings. The van der Waals surface area contributed by atoms with Crippen molar-refractivity contribution >= 4 is 11.8 Å². The molecule has 1 aromatic heterocycles. The second kappa shape index (κ2) is 7.25. The molecule has 1 aliphatic heterocycles. The fourth-order valence-electron chi connectivity index (χ4n) is 2.18. The first kappa shape index (κ1) is 14.8. The van der Waals surface area contributed by atoms with Crippen LogP contribution < -0.4 is 5.73 Å². The predicted molar refractivity (Wildman–Crippen MR) is 74.5 cm³/mol. The summed E-state index contributed by atoms with van der Waals surface area (Å²) in [5.41, 5.74) is 6.13. The summed E-state index contributed by atoms with van der Waals surface area (Å²) in [5.74, 6) is 0.0705. The van der Waals surface area contributed by atoms with Crippen molar-refractivity contribution in [1.82, 2.24) is 14.7 Å². The van der Waals surface area contributed by atoms with Crippen molar-refractivity contribution in [2.45, 2.75) is 19.9 Å². The number of aryl methyl sites for hydroxylation is 1. The number of ether oxygens (including phenoxy) is 2. The van der Waals surface area contributed by atoms with E-state index >= 15 is 0 Å². The van der Waals surface area contributed by atoms with Gasteiger partial charge in [0.2, 0.25) is 0 Å². The second-order valence-electron chi connectivity index (χ2n) is 4.71. The number of aromatic nitrogens is 2. The third-order valence-electron chi connectivity index (χ3n) is 3.24. The van der Waals surface area contributed by atoms with Crippen molar-refractivity contribution in [2.75, 3.05) is 45.2 Å². The van der Waals surface area contributed by atoms with E-state index in [1.807, 2.05) is 0 Å². The fraction of sp³-hybridized carbons (Fsp3) is 0.692. The van der Waals surface area contributed by atoms with Crippen LogP contribution in [0.4, 0.5) is 5.82 Å². The molecule has 0 spiro atoms. The van der Waals surface area contributed by atoms with Crippen LogP contribution in [0.1, 0.15) is 23.8 Å². The number of anilines is 1. The molecular weight excluding hydrogens is 260 g/mol. The van der Waals surface area contributed by atoms with Crippen molar-refractivity contribution in [3.8, 4) is 0 Å². The van der Waals surface area contributed by atoms with Crippen LogP contribution in [0.3, 0.4) is 0 Å². The SMILES string of the molecule is CCOC(=O)c1cc(N)n(CCCN2CCOCC2)n1. The maximum atomic E-state index is 11.6. The van der Waals surface area contributed by atoms with Gasteiger partial charge in [-0.15, -0.1) is 0 Å². The van der Waals surface area contributed by atoms with E-state index in [1.54, 1.807) is 17.7 Å². The molecule has 0 unspecified atom stereocenters. The topological polar surface area (TPSA) is 82.6 Å². The summed E-state index contributed by atoms with van der Waals surface area (Å²) < 4.78 is 11.9. The third kappa shape index (κ3) is 3.94. The van der Waals surface area contributed by atoms with Gasteiger partial charge in [0, 0.05) is 32.2 Å². The molecule has 20 heavy (non-hydrogen) atoms. The van der Waals surface area contributed by atoms with E-state index in [0.717, 1.165) is 39.3 Å². The highest BCUT2D eigenvalue weighted by Gasteiger charge is 2.14. The Hall–Kier alpha value is -1.60. The number of carbonyl (C=O) groups excluding carboxylic acids is 1. The lowest BCUT2D eigenvalue weighted by molar-refractivity contribution is 0.0368. The van der Waals surface area contributed by atoms with Crippen molar-refractivity contribution in [3.63, 3.8) is 0 Å². The normalized spacial score (nSPS) is 16.2. The molecule has 7 nitrogen and oxygen atoms in total. The van der Waals surface area contributed by atoms with Crippen LogP contribution in [-0.4, -0.2) is 60.1 Å². The molecule has 0 aromatic carbocycles. The quantitative estimate of drug-likeness (QED) is 0.759. The summed E-state index contributed by atoms with van der Waals surface area (Å²) in [6, 6.07) is 1.56. The van der Waals surface area contributed by atoms with Crippen LogP contribution in [0.5, 0.6) is 0 Å². The monoisotopic (exact) mass is 282 g/mol. The summed E-state index contributed by atoms with van der Waals surface area (Å²) >= 11 is 0. The average molecular weight is 282 g/mol.